The van der Waals surface area contributed by atoms with Crippen molar-refractivity contribution >= 4 is 11.8 Å². The molecule has 0 bridgehead atoms. The summed E-state index contributed by atoms with van der Waals surface area (Å²) < 4.78 is 4.94. The second-order valence-corrected chi connectivity index (χ2v) is 6.93. The first-order valence-corrected chi connectivity index (χ1v) is 9.53. The van der Waals surface area contributed by atoms with Gasteiger partial charge in [0.25, 0.3) is 5.91 Å². The quantitative estimate of drug-likeness (QED) is 0.716. The molecule has 2 aromatic heterocycles. The van der Waals surface area contributed by atoms with Gasteiger partial charge in [0, 0.05) is 37.5 Å². The zero-order valence-electron chi connectivity index (χ0n) is 15.8. The van der Waals surface area contributed by atoms with Crippen LogP contribution in [0.3, 0.4) is 0 Å². The number of benzene rings is 1. The van der Waals surface area contributed by atoms with Crippen molar-refractivity contribution in [3.8, 4) is 0 Å². The van der Waals surface area contributed by atoms with E-state index in [1.54, 1.807) is 29.6 Å². The minimum atomic E-state index is -0.369. The fourth-order valence-corrected chi connectivity index (χ4v) is 3.52. The van der Waals surface area contributed by atoms with Crippen LogP contribution >= 0.6 is 0 Å². The standard InChI is InChI=1S/C21H21N5O3/c27-20(16-7-12-26(13-8-16)21(28)18-6-9-24-29-18)25-19(15-4-2-1-3-5-15)17-14-22-10-11-23-17/h1-6,9-11,14,16,19H,7-8,12-13H2,(H,25,27). The molecule has 4 rings (SSSR count). The van der Waals surface area contributed by atoms with Crippen LogP contribution in [0.1, 0.15) is 40.7 Å². The van der Waals surface area contributed by atoms with E-state index in [9.17, 15) is 9.59 Å². The minimum absolute atomic E-state index is 0.0451. The summed E-state index contributed by atoms with van der Waals surface area (Å²) in [5.74, 6) is -0.185. The molecule has 0 saturated carbocycles. The van der Waals surface area contributed by atoms with Gasteiger partial charge in [-0.05, 0) is 18.4 Å². The van der Waals surface area contributed by atoms with E-state index in [2.05, 4.69) is 20.4 Å². The molecule has 1 saturated heterocycles. The topological polar surface area (TPSA) is 101 Å². The Morgan fingerprint density at radius 2 is 1.86 bits per heavy atom. The molecule has 0 aliphatic carbocycles. The number of amides is 2. The van der Waals surface area contributed by atoms with E-state index in [1.165, 1.54) is 6.20 Å². The van der Waals surface area contributed by atoms with Crippen molar-refractivity contribution in [3.05, 3.63) is 78.2 Å². The number of rotatable bonds is 5. The number of nitrogens with one attached hydrogen (secondary N) is 1. The summed E-state index contributed by atoms with van der Waals surface area (Å²) in [6.45, 7) is 0.998. The van der Waals surface area contributed by atoms with Crippen LogP contribution < -0.4 is 5.32 Å². The van der Waals surface area contributed by atoms with Gasteiger partial charge in [-0.15, -0.1) is 0 Å². The van der Waals surface area contributed by atoms with Gasteiger partial charge in [0.05, 0.1) is 24.1 Å². The van der Waals surface area contributed by atoms with Gasteiger partial charge in [-0.25, -0.2) is 0 Å². The van der Waals surface area contributed by atoms with Gasteiger partial charge in [-0.1, -0.05) is 35.5 Å². The lowest BCUT2D eigenvalue weighted by Gasteiger charge is -2.31. The smallest absolute Gasteiger partial charge is 0.292 e. The summed E-state index contributed by atoms with van der Waals surface area (Å²) in [7, 11) is 0. The highest BCUT2D eigenvalue weighted by Crippen LogP contribution is 2.23. The van der Waals surface area contributed by atoms with Crippen molar-refractivity contribution < 1.29 is 14.1 Å². The van der Waals surface area contributed by atoms with E-state index in [-0.39, 0.29) is 29.5 Å². The summed E-state index contributed by atoms with van der Waals surface area (Å²) in [5, 5.41) is 6.69. The van der Waals surface area contributed by atoms with Gasteiger partial charge in [0.15, 0.2) is 0 Å². The summed E-state index contributed by atoms with van der Waals surface area (Å²) in [5.41, 5.74) is 1.63. The van der Waals surface area contributed by atoms with Crippen molar-refractivity contribution in [1.29, 1.82) is 0 Å². The fourth-order valence-electron chi connectivity index (χ4n) is 3.52. The van der Waals surface area contributed by atoms with Crippen LogP contribution in [0.2, 0.25) is 0 Å². The van der Waals surface area contributed by atoms with E-state index in [1.807, 2.05) is 30.3 Å². The van der Waals surface area contributed by atoms with Crippen LogP contribution in [0.25, 0.3) is 0 Å². The molecule has 0 spiro atoms. The van der Waals surface area contributed by atoms with Crippen molar-refractivity contribution in [2.24, 2.45) is 5.92 Å². The number of aromatic nitrogens is 3. The highest BCUT2D eigenvalue weighted by atomic mass is 16.5. The number of nitrogens with zero attached hydrogens (tertiary/aromatic N) is 4. The van der Waals surface area contributed by atoms with Gasteiger partial charge >= 0.3 is 0 Å². The Hall–Kier alpha value is -3.55. The van der Waals surface area contributed by atoms with Crippen LogP contribution in [-0.4, -0.2) is 44.9 Å². The van der Waals surface area contributed by atoms with Crippen LogP contribution in [0.4, 0.5) is 0 Å². The minimum Gasteiger partial charge on any atom is -0.351 e. The van der Waals surface area contributed by atoms with Gasteiger partial charge in [0.1, 0.15) is 0 Å². The first-order chi connectivity index (χ1) is 14.2. The van der Waals surface area contributed by atoms with Gasteiger partial charge in [-0.3, -0.25) is 19.6 Å². The monoisotopic (exact) mass is 391 g/mol. The normalized spacial score (nSPS) is 15.7. The van der Waals surface area contributed by atoms with Crippen LogP contribution in [0.5, 0.6) is 0 Å². The first-order valence-electron chi connectivity index (χ1n) is 9.53. The number of hydrogen-bond acceptors (Lipinski definition) is 6. The fraction of sp³-hybridized carbons (Fsp3) is 0.286. The highest BCUT2D eigenvalue weighted by molar-refractivity contribution is 5.91. The van der Waals surface area contributed by atoms with Crippen molar-refractivity contribution in [1.82, 2.24) is 25.3 Å². The average molecular weight is 391 g/mol. The molecule has 0 radical (unpaired) electrons. The maximum Gasteiger partial charge on any atom is 0.292 e. The summed E-state index contributed by atoms with van der Waals surface area (Å²) in [6, 6.07) is 10.9. The van der Waals surface area contributed by atoms with Crippen LogP contribution in [-0.2, 0) is 4.79 Å². The van der Waals surface area contributed by atoms with Gasteiger partial charge in [-0.2, -0.15) is 0 Å². The molecule has 2 amide bonds. The van der Waals surface area contributed by atoms with Crippen molar-refractivity contribution in [2.75, 3.05) is 13.1 Å². The molecule has 29 heavy (non-hydrogen) atoms. The molecule has 1 unspecified atom stereocenters. The molecular weight excluding hydrogens is 370 g/mol. The maximum absolute atomic E-state index is 13.0. The van der Waals surface area contributed by atoms with E-state index in [0.29, 0.717) is 31.6 Å². The van der Waals surface area contributed by atoms with Crippen molar-refractivity contribution in [2.45, 2.75) is 18.9 Å². The Morgan fingerprint density at radius 1 is 1.07 bits per heavy atom. The second kappa shape index (κ2) is 8.64. The third kappa shape index (κ3) is 4.31. The molecular formula is C21H21N5O3. The van der Waals surface area contributed by atoms with Crippen LogP contribution in [0, 0.1) is 5.92 Å². The van der Waals surface area contributed by atoms with E-state index in [4.69, 9.17) is 4.52 Å². The lowest BCUT2D eigenvalue weighted by Crippen LogP contribution is -2.43. The lowest BCUT2D eigenvalue weighted by molar-refractivity contribution is -0.126. The summed E-state index contributed by atoms with van der Waals surface area (Å²) >= 11 is 0. The molecule has 1 aliphatic heterocycles. The molecule has 1 aliphatic rings. The third-order valence-electron chi connectivity index (χ3n) is 5.10. The van der Waals surface area contributed by atoms with Gasteiger partial charge in [0.2, 0.25) is 11.7 Å². The molecule has 3 aromatic rings. The average Bonchev–Trinajstić information content (AvgIpc) is 3.33. The Balaban J connectivity index is 1.42. The molecule has 1 N–H and O–H groups in total. The molecule has 1 aromatic carbocycles. The summed E-state index contributed by atoms with van der Waals surface area (Å²) in [4.78, 5) is 35.5. The van der Waals surface area contributed by atoms with E-state index in [0.717, 1.165) is 5.56 Å². The number of likely N-dealkylation sites (tertiary alicyclic amines) is 1. The number of piperidine rings is 1. The van der Waals surface area contributed by atoms with Gasteiger partial charge < -0.3 is 14.7 Å². The third-order valence-corrected chi connectivity index (χ3v) is 5.10. The predicted octanol–water partition coefficient (Wildman–Crippen LogP) is 2.22. The molecule has 8 nitrogen and oxygen atoms in total. The zero-order valence-corrected chi connectivity index (χ0v) is 15.8. The Morgan fingerprint density at radius 3 is 2.52 bits per heavy atom. The second-order valence-electron chi connectivity index (χ2n) is 6.93. The Bertz CT molecular complexity index is 899. The lowest BCUT2D eigenvalue weighted by atomic mass is 9.94. The number of carbonyl (C=O) groups excluding carboxylic acids is 2. The van der Waals surface area contributed by atoms with E-state index < -0.39 is 0 Å². The molecule has 8 heteroatoms. The zero-order chi connectivity index (χ0) is 20.1. The van der Waals surface area contributed by atoms with Crippen LogP contribution in [0.15, 0.2) is 65.7 Å². The molecule has 1 fully saturated rings. The maximum atomic E-state index is 13.0. The molecule has 148 valence electrons. The first kappa shape index (κ1) is 18.8. The van der Waals surface area contributed by atoms with E-state index >= 15 is 0 Å². The van der Waals surface area contributed by atoms with Crippen molar-refractivity contribution in [3.63, 3.8) is 0 Å². The predicted molar refractivity (Wildman–Crippen MR) is 104 cm³/mol. The number of carbonyl (C=O) groups is 2. The molecule has 1 atom stereocenters. The SMILES string of the molecule is O=C(NC(c1ccccc1)c1cnccn1)C1CCN(C(=O)c2ccno2)CC1. The Kier molecular flexibility index (Phi) is 5.60. The molecule has 3 heterocycles. The number of hydrogen-bond donors (Lipinski definition) is 1. The Labute approximate surface area is 167 Å². The largest absolute Gasteiger partial charge is 0.351 e. The highest BCUT2D eigenvalue weighted by Gasteiger charge is 2.30. The summed E-state index contributed by atoms with van der Waals surface area (Å²) in [6.07, 6.45) is 7.52.